The maximum Gasteiger partial charge on any atom is 0.308 e. The second-order valence-electron chi connectivity index (χ2n) is 6.77. The average Bonchev–Trinajstić information content (AvgIpc) is 2.58. The molecule has 0 aliphatic carbocycles. The van der Waals surface area contributed by atoms with Crippen LogP contribution in [0.15, 0.2) is 18.3 Å². The van der Waals surface area contributed by atoms with Gasteiger partial charge in [0.1, 0.15) is 5.82 Å². The molecule has 8 heteroatoms. The highest BCUT2D eigenvalue weighted by Crippen LogP contribution is 2.25. The highest BCUT2D eigenvalue weighted by molar-refractivity contribution is 5.83. The van der Waals surface area contributed by atoms with Gasteiger partial charge in [0, 0.05) is 25.6 Å². The lowest BCUT2D eigenvalue weighted by Crippen LogP contribution is -2.55. The van der Waals surface area contributed by atoms with Crippen molar-refractivity contribution in [2.75, 3.05) is 18.8 Å². The zero-order valence-corrected chi connectivity index (χ0v) is 15.2. The topological polar surface area (TPSA) is 117 Å². The normalized spacial score (nSPS) is 18.5. The number of anilines is 1. The van der Waals surface area contributed by atoms with Crippen LogP contribution in [0.25, 0.3) is 0 Å². The van der Waals surface area contributed by atoms with Gasteiger partial charge in [-0.2, -0.15) is 0 Å². The van der Waals surface area contributed by atoms with Crippen LogP contribution in [0.5, 0.6) is 0 Å². The van der Waals surface area contributed by atoms with Crippen LogP contribution < -0.4 is 5.73 Å². The fourth-order valence-corrected chi connectivity index (χ4v) is 3.16. The van der Waals surface area contributed by atoms with E-state index in [2.05, 4.69) is 4.98 Å². The van der Waals surface area contributed by atoms with Crippen molar-refractivity contribution < 1.29 is 19.5 Å². The van der Waals surface area contributed by atoms with E-state index < -0.39 is 11.9 Å². The lowest BCUT2D eigenvalue weighted by Gasteiger charge is -2.40. The molecule has 1 fully saturated rings. The standard InChI is InChI=1S/C18H26N4O4/c1-12(18(25)26)11-22(13(2)23)21-9-3-4-15(17(21)24)6-5-14-7-8-20-16(19)10-14/h7-8,10,12,15H,3-6,9,11H2,1-2H3,(H2,19,20)(H,25,26)/t12-,15+/m1/s1. The van der Waals surface area contributed by atoms with Crippen molar-refractivity contribution >= 4 is 23.6 Å². The second-order valence-corrected chi connectivity index (χ2v) is 6.77. The number of nitrogens with zero attached hydrogens (tertiary/aromatic N) is 3. The van der Waals surface area contributed by atoms with E-state index in [0.717, 1.165) is 18.4 Å². The Bertz CT molecular complexity index is 679. The number of aromatic nitrogens is 1. The Morgan fingerprint density at radius 1 is 1.50 bits per heavy atom. The molecule has 2 atom stereocenters. The van der Waals surface area contributed by atoms with Crippen LogP contribution in [0.4, 0.5) is 5.82 Å². The number of hydrogen-bond acceptors (Lipinski definition) is 5. The van der Waals surface area contributed by atoms with Crippen molar-refractivity contribution in [1.29, 1.82) is 0 Å². The van der Waals surface area contributed by atoms with E-state index in [9.17, 15) is 14.4 Å². The number of amides is 2. The van der Waals surface area contributed by atoms with Crippen molar-refractivity contribution in [2.24, 2.45) is 11.8 Å². The summed E-state index contributed by atoms with van der Waals surface area (Å²) in [6, 6.07) is 3.67. The highest BCUT2D eigenvalue weighted by atomic mass is 16.4. The van der Waals surface area contributed by atoms with Crippen LogP contribution in [0.3, 0.4) is 0 Å². The number of nitrogen functional groups attached to an aromatic ring is 1. The molecule has 0 spiro atoms. The Balaban J connectivity index is 2.04. The molecule has 1 saturated heterocycles. The van der Waals surface area contributed by atoms with Crippen molar-refractivity contribution in [3.8, 4) is 0 Å². The number of rotatable bonds is 7. The Morgan fingerprint density at radius 3 is 2.85 bits per heavy atom. The molecule has 1 aromatic rings. The van der Waals surface area contributed by atoms with E-state index in [-0.39, 0.29) is 24.3 Å². The fraction of sp³-hybridized carbons (Fsp3) is 0.556. The molecule has 0 unspecified atom stereocenters. The Hall–Kier alpha value is -2.64. The molecule has 0 aromatic carbocycles. The molecule has 8 nitrogen and oxygen atoms in total. The molecule has 0 radical (unpaired) electrons. The maximum atomic E-state index is 12.9. The number of carbonyl (C=O) groups excluding carboxylic acids is 2. The number of hydrogen-bond donors (Lipinski definition) is 2. The summed E-state index contributed by atoms with van der Waals surface area (Å²) in [5.41, 5.74) is 6.70. The van der Waals surface area contributed by atoms with Crippen LogP contribution >= 0.6 is 0 Å². The monoisotopic (exact) mass is 362 g/mol. The summed E-state index contributed by atoms with van der Waals surface area (Å²) in [6.45, 7) is 3.30. The van der Waals surface area contributed by atoms with Crippen LogP contribution in [0.1, 0.15) is 38.7 Å². The van der Waals surface area contributed by atoms with Gasteiger partial charge in [-0.1, -0.05) is 6.92 Å². The number of carboxylic acid groups (broad SMARTS) is 1. The molecule has 1 aliphatic heterocycles. The van der Waals surface area contributed by atoms with E-state index >= 15 is 0 Å². The van der Waals surface area contributed by atoms with Crippen LogP contribution in [0, 0.1) is 11.8 Å². The summed E-state index contributed by atoms with van der Waals surface area (Å²) >= 11 is 0. The summed E-state index contributed by atoms with van der Waals surface area (Å²) in [5, 5.41) is 11.8. The number of aryl methyl sites for hydroxylation is 1. The van der Waals surface area contributed by atoms with Gasteiger partial charge in [0.2, 0.25) is 11.8 Å². The summed E-state index contributed by atoms with van der Waals surface area (Å²) < 4.78 is 0. The lowest BCUT2D eigenvalue weighted by molar-refractivity contribution is -0.172. The second kappa shape index (κ2) is 8.64. The number of nitrogens with two attached hydrogens (primary N) is 1. The molecule has 2 amide bonds. The molecule has 2 heterocycles. The smallest absolute Gasteiger partial charge is 0.308 e. The number of hydrazine groups is 1. The molecule has 1 aromatic heterocycles. The van der Waals surface area contributed by atoms with Gasteiger partial charge in [0.15, 0.2) is 0 Å². The molecule has 142 valence electrons. The summed E-state index contributed by atoms with van der Waals surface area (Å²) in [5.74, 6) is -1.93. The van der Waals surface area contributed by atoms with Gasteiger partial charge in [-0.05, 0) is 43.4 Å². The predicted molar refractivity (Wildman–Crippen MR) is 95.6 cm³/mol. The highest BCUT2D eigenvalue weighted by Gasteiger charge is 2.34. The van der Waals surface area contributed by atoms with Gasteiger partial charge >= 0.3 is 5.97 Å². The van der Waals surface area contributed by atoms with Gasteiger partial charge in [0.05, 0.1) is 12.5 Å². The lowest BCUT2D eigenvalue weighted by atomic mass is 9.91. The number of carboxylic acids is 1. The van der Waals surface area contributed by atoms with Gasteiger partial charge in [-0.25, -0.2) is 4.98 Å². The number of pyridine rings is 1. The number of aliphatic carboxylic acids is 1. The first kappa shape index (κ1) is 19.7. The molecular weight excluding hydrogens is 336 g/mol. The third kappa shape index (κ3) is 4.93. The first-order valence-electron chi connectivity index (χ1n) is 8.82. The Morgan fingerprint density at radius 2 is 2.23 bits per heavy atom. The van der Waals surface area contributed by atoms with Crippen molar-refractivity contribution in [3.63, 3.8) is 0 Å². The van der Waals surface area contributed by atoms with Crippen LogP contribution in [-0.2, 0) is 20.8 Å². The van der Waals surface area contributed by atoms with E-state index in [1.165, 1.54) is 23.9 Å². The van der Waals surface area contributed by atoms with Gasteiger partial charge in [-0.3, -0.25) is 24.4 Å². The summed E-state index contributed by atoms with van der Waals surface area (Å²) in [7, 11) is 0. The van der Waals surface area contributed by atoms with E-state index in [4.69, 9.17) is 10.8 Å². The first-order chi connectivity index (χ1) is 12.3. The third-order valence-corrected chi connectivity index (χ3v) is 4.68. The van der Waals surface area contributed by atoms with Gasteiger partial charge in [0.25, 0.3) is 0 Å². The minimum absolute atomic E-state index is 0.00991. The number of piperidine rings is 1. The molecule has 26 heavy (non-hydrogen) atoms. The maximum absolute atomic E-state index is 12.9. The molecule has 3 N–H and O–H groups in total. The van der Waals surface area contributed by atoms with E-state index in [1.54, 1.807) is 12.3 Å². The fourth-order valence-electron chi connectivity index (χ4n) is 3.16. The Kier molecular flexibility index (Phi) is 6.54. The SMILES string of the molecule is CC(=O)N(C[C@@H](C)C(=O)O)N1CCC[C@@H](CCc2ccnc(N)c2)C1=O. The summed E-state index contributed by atoms with van der Waals surface area (Å²) in [4.78, 5) is 39.9. The minimum Gasteiger partial charge on any atom is -0.481 e. The van der Waals surface area contributed by atoms with Gasteiger partial charge < -0.3 is 10.8 Å². The number of carbonyl (C=O) groups is 3. The van der Waals surface area contributed by atoms with E-state index in [0.29, 0.717) is 25.2 Å². The van der Waals surface area contributed by atoms with Gasteiger partial charge in [-0.15, -0.1) is 0 Å². The quantitative estimate of drug-likeness (QED) is 0.755. The summed E-state index contributed by atoms with van der Waals surface area (Å²) in [6.07, 6.45) is 4.53. The first-order valence-corrected chi connectivity index (χ1v) is 8.82. The largest absolute Gasteiger partial charge is 0.481 e. The zero-order valence-electron chi connectivity index (χ0n) is 15.2. The molecule has 2 rings (SSSR count). The minimum atomic E-state index is -0.993. The Labute approximate surface area is 152 Å². The zero-order chi connectivity index (χ0) is 19.3. The van der Waals surface area contributed by atoms with Crippen LogP contribution in [-0.4, -0.2) is 51.0 Å². The predicted octanol–water partition coefficient (Wildman–Crippen LogP) is 1.32. The third-order valence-electron chi connectivity index (χ3n) is 4.68. The van der Waals surface area contributed by atoms with Crippen molar-refractivity contribution in [1.82, 2.24) is 15.0 Å². The average molecular weight is 362 g/mol. The molecule has 0 saturated carbocycles. The molecule has 0 bridgehead atoms. The molecule has 1 aliphatic rings. The van der Waals surface area contributed by atoms with Crippen molar-refractivity contribution in [3.05, 3.63) is 23.9 Å². The van der Waals surface area contributed by atoms with Crippen molar-refractivity contribution in [2.45, 2.75) is 39.5 Å². The molecular formula is C18H26N4O4. The van der Waals surface area contributed by atoms with E-state index in [1.807, 2.05) is 6.07 Å². The van der Waals surface area contributed by atoms with Crippen LogP contribution in [0.2, 0.25) is 0 Å².